The van der Waals surface area contributed by atoms with E-state index < -0.39 is 5.97 Å². The fraction of sp³-hybridized carbons (Fsp3) is 0.0588. The maximum absolute atomic E-state index is 11.6. The summed E-state index contributed by atoms with van der Waals surface area (Å²) in [6, 6.07) is 15.7. The Morgan fingerprint density at radius 3 is 2.74 bits per heavy atom. The van der Waals surface area contributed by atoms with Crippen molar-refractivity contribution >= 4 is 33.7 Å². The Morgan fingerprint density at radius 2 is 2.00 bits per heavy atom. The number of para-hydroxylation sites is 1. The van der Waals surface area contributed by atoms with Crippen molar-refractivity contribution in [3.05, 3.63) is 64.3 Å². The number of aromatic nitrogens is 2. The molecule has 3 aromatic rings. The van der Waals surface area contributed by atoms with Crippen LogP contribution in [0, 0.1) is 0 Å². The Hall–Kier alpha value is -2.05. The molecule has 1 aliphatic rings. The standard InChI is InChI=1S/C17H11BrN2O2S/c18-10-6-7-14-12(8-10)16-13(9-23-14)15(17(21)22)19-20(16)11-4-2-1-3-5-11/h1-8H,9H2,(H,21,22). The number of fused-ring (bicyclic) bond motifs is 3. The number of carboxylic acid groups (broad SMARTS) is 1. The molecule has 0 bridgehead atoms. The van der Waals surface area contributed by atoms with Gasteiger partial charge in [-0.3, -0.25) is 0 Å². The van der Waals surface area contributed by atoms with Crippen LogP contribution >= 0.6 is 27.7 Å². The summed E-state index contributed by atoms with van der Waals surface area (Å²) in [7, 11) is 0. The number of carboxylic acids is 1. The highest BCUT2D eigenvalue weighted by molar-refractivity contribution is 9.10. The van der Waals surface area contributed by atoms with E-state index in [2.05, 4.69) is 27.1 Å². The van der Waals surface area contributed by atoms with Gasteiger partial charge in [-0.1, -0.05) is 34.1 Å². The summed E-state index contributed by atoms with van der Waals surface area (Å²) in [6.45, 7) is 0. The smallest absolute Gasteiger partial charge is 0.356 e. The number of aromatic carboxylic acids is 1. The van der Waals surface area contributed by atoms with Crippen LogP contribution in [0.5, 0.6) is 0 Å². The van der Waals surface area contributed by atoms with Gasteiger partial charge in [-0.05, 0) is 30.3 Å². The van der Waals surface area contributed by atoms with E-state index in [0.29, 0.717) is 5.75 Å². The summed E-state index contributed by atoms with van der Waals surface area (Å²) in [5.41, 5.74) is 3.63. The predicted octanol–water partition coefficient (Wildman–Crippen LogP) is 4.61. The van der Waals surface area contributed by atoms with Crippen molar-refractivity contribution in [2.45, 2.75) is 10.6 Å². The Morgan fingerprint density at radius 1 is 1.22 bits per heavy atom. The maximum Gasteiger partial charge on any atom is 0.356 e. The molecule has 0 radical (unpaired) electrons. The van der Waals surface area contributed by atoms with Crippen LogP contribution in [0.15, 0.2) is 57.9 Å². The molecular formula is C17H11BrN2O2S. The molecular weight excluding hydrogens is 376 g/mol. The molecule has 4 nitrogen and oxygen atoms in total. The molecule has 2 heterocycles. The van der Waals surface area contributed by atoms with Gasteiger partial charge >= 0.3 is 5.97 Å². The zero-order valence-electron chi connectivity index (χ0n) is 11.9. The largest absolute Gasteiger partial charge is 0.476 e. The highest BCUT2D eigenvalue weighted by atomic mass is 79.9. The molecule has 6 heteroatoms. The van der Waals surface area contributed by atoms with Gasteiger partial charge in [0.15, 0.2) is 5.69 Å². The number of hydrogen-bond acceptors (Lipinski definition) is 3. The molecule has 0 fully saturated rings. The van der Waals surface area contributed by atoms with E-state index in [1.54, 1.807) is 16.4 Å². The van der Waals surface area contributed by atoms with Crippen LogP contribution in [0.1, 0.15) is 16.1 Å². The maximum atomic E-state index is 11.6. The Bertz CT molecular complexity index is 922. The van der Waals surface area contributed by atoms with Crippen LogP contribution in [0.2, 0.25) is 0 Å². The Balaban J connectivity index is 2.05. The molecule has 0 saturated carbocycles. The van der Waals surface area contributed by atoms with Crippen LogP contribution in [-0.2, 0) is 5.75 Å². The first-order valence-electron chi connectivity index (χ1n) is 6.98. The number of rotatable bonds is 2. The average Bonchev–Trinajstić information content (AvgIpc) is 2.96. The van der Waals surface area contributed by atoms with Crippen molar-refractivity contribution in [3.8, 4) is 16.9 Å². The van der Waals surface area contributed by atoms with E-state index >= 15 is 0 Å². The minimum absolute atomic E-state index is 0.127. The molecule has 0 spiro atoms. The van der Waals surface area contributed by atoms with Gasteiger partial charge in [-0.25, -0.2) is 9.48 Å². The van der Waals surface area contributed by atoms with Gasteiger partial charge in [0.2, 0.25) is 0 Å². The molecule has 23 heavy (non-hydrogen) atoms. The molecule has 2 aromatic carbocycles. The molecule has 0 aliphatic carbocycles. The lowest BCUT2D eigenvalue weighted by molar-refractivity contribution is 0.0689. The SMILES string of the molecule is O=C(O)c1nn(-c2ccccc2)c2c1CSc1ccc(Br)cc1-2. The number of hydrogen-bond donors (Lipinski definition) is 1. The van der Waals surface area contributed by atoms with Crippen molar-refractivity contribution in [2.75, 3.05) is 0 Å². The topological polar surface area (TPSA) is 55.1 Å². The normalized spacial score (nSPS) is 12.6. The van der Waals surface area contributed by atoms with Gasteiger partial charge in [-0.2, -0.15) is 5.10 Å². The number of halogens is 1. The number of nitrogens with zero attached hydrogens (tertiary/aromatic N) is 2. The second-order valence-electron chi connectivity index (χ2n) is 5.16. The monoisotopic (exact) mass is 386 g/mol. The third-order valence-electron chi connectivity index (χ3n) is 3.76. The third kappa shape index (κ3) is 2.38. The van der Waals surface area contributed by atoms with E-state index in [1.807, 2.05) is 42.5 Å². The molecule has 4 rings (SSSR count). The molecule has 1 N–H and O–H groups in total. The lowest BCUT2D eigenvalue weighted by atomic mass is 10.1. The summed E-state index contributed by atoms with van der Waals surface area (Å²) in [4.78, 5) is 12.7. The van der Waals surface area contributed by atoms with E-state index in [4.69, 9.17) is 0 Å². The highest BCUT2D eigenvalue weighted by Gasteiger charge is 2.29. The van der Waals surface area contributed by atoms with Gasteiger partial charge in [0.1, 0.15) is 0 Å². The highest BCUT2D eigenvalue weighted by Crippen LogP contribution is 2.44. The quantitative estimate of drug-likeness (QED) is 0.698. The van der Waals surface area contributed by atoms with Gasteiger partial charge in [0.05, 0.1) is 11.4 Å². The van der Waals surface area contributed by atoms with E-state index in [1.165, 1.54) is 0 Å². The number of thioether (sulfide) groups is 1. The molecule has 1 aliphatic heterocycles. The molecule has 1 aromatic heterocycles. The second kappa shape index (κ2) is 5.54. The zero-order chi connectivity index (χ0) is 16.0. The van der Waals surface area contributed by atoms with E-state index in [0.717, 1.165) is 31.9 Å². The summed E-state index contributed by atoms with van der Waals surface area (Å²) in [6.07, 6.45) is 0. The van der Waals surface area contributed by atoms with Crippen molar-refractivity contribution in [3.63, 3.8) is 0 Å². The lowest BCUT2D eigenvalue weighted by Gasteiger charge is -2.18. The number of benzene rings is 2. The first-order valence-corrected chi connectivity index (χ1v) is 8.76. The van der Waals surface area contributed by atoms with Crippen LogP contribution in [0.4, 0.5) is 0 Å². The second-order valence-corrected chi connectivity index (χ2v) is 7.09. The first kappa shape index (κ1) is 14.5. The molecule has 0 unspecified atom stereocenters. The molecule has 0 saturated heterocycles. The summed E-state index contributed by atoms with van der Waals surface area (Å²) < 4.78 is 2.70. The third-order valence-corrected chi connectivity index (χ3v) is 5.35. The molecule has 114 valence electrons. The first-order chi connectivity index (χ1) is 11.1. The van der Waals surface area contributed by atoms with Crippen LogP contribution in [0.25, 0.3) is 16.9 Å². The van der Waals surface area contributed by atoms with Crippen LogP contribution < -0.4 is 0 Å². The minimum atomic E-state index is -0.991. The van der Waals surface area contributed by atoms with Crippen LogP contribution in [-0.4, -0.2) is 20.9 Å². The van der Waals surface area contributed by atoms with E-state index in [9.17, 15) is 9.90 Å². The van der Waals surface area contributed by atoms with Gasteiger partial charge in [0.25, 0.3) is 0 Å². The zero-order valence-corrected chi connectivity index (χ0v) is 14.3. The predicted molar refractivity (Wildman–Crippen MR) is 93.2 cm³/mol. The average molecular weight is 387 g/mol. The fourth-order valence-corrected chi connectivity index (χ4v) is 4.16. The summed E-state index contributed by atoms with van der Waals surface area (Å²) >= 11 is 5.15. The van der Waals surface area contributed by atoms with Crippen molar-refractivity contribution in [1.29, 1.82) is 0 Å². The van der Waals surface area contributed by atoms with E-state index in [-0.39, 0.29) is 5.69 Å². The lowest BCUT2D eigenvalue weighted by Crippen LogP contribution is -2.03. The molecule has 0 amide bonds. The Kier molecular flexibility index (Phi) is 3.50. The van der Waals surface area contributed by atoms with Crippen molar-refractivity contribution in [2.24, 2.45) is 0 Å². The fourth-order valence-electron chi connectivity index (χ4n) is 2.75. The van der Waals surface area contributed by atoms with Crippen molar-refractivity contribution in [1.82, 2.24) is 9.78 Å². The molecule has 0 atom stereocenters. The van der Waals surface area contributed by atoms with Gasteiger partial charge in [0, 0.05) is 26.2 Å². The summed E-state index contributed by atoms with van der Waals surface area (Å²) in [5.74, 6) is -0.381. The van der Waals surface area contributed by atoms with Gasteiger partial charge in [-0.15, -0.1) is 11.8 Å². The minimum Gasteiger partial charge on any atom is -0.476 e. The number of carbonyl (C=O) groups is 1. The van der Waals surface area contributed by atoms with Crippen molar-refractivity contribution < 1.29 is 9.90 Å². The Labute approximate surface area is 145 Å². The van der Waals surface area contributed by atoms with Gasteiger partial charge < -0.3 is 5.11 Å². The van der Waals surface area contributed by atoms with Crippen LogP contribution in [0.3, 0.4) is 0 Å². The summed E-state index contributed by atoms with van der Waals surface area (Å²) in [5, 5.41) is 13.9.